The van der Waals surface area contributed by atoms with Gasteiger partial charge >= 0.3 is 6.03 Å². The van der Waals surface area contributed by atoms with E-state index in [1.165, 1.54) is 60.4 Å². The van der Waals surface area contributed by atoms with Gasteiger partial charge in [-0.25, -0.2) is 22.9 Å². The van der Waals surface area contributed by atoms with Crippen LogP contribution in [-0.4, -0.2) is 27.3 Å². The van der Waals surface area contributed by atoms with E-state index < -0.39 is 35.1 Å². The number of nitrogens with zero attached hydrogens (tertiary/aromatic N) is 3. The van der Waals surface area contributed by atoms with Crippen molar-refractivity contribution in [3.05, 3.63) is 93.8 Å². The van der Waals surface area contributed by atoms with Crippen molar-refractivity contribution in [1.82, 2.24) is 14.6 Å². The molecular formula is C26H22F3N5O3. The van der Waals surface area contributed by atoms with Crippen LogP contribution in [0.1, 0.15) is 23.6 Å². The van der Waals surface area contributed by atoms with E-state index in [2.05, 4.69) is 15.6 Å². The molecule has 1 aliphatic rings. The molecule has 0 aliphatic carbocycles. The largest absolute Gasteiger partial charge is 0.353 e. The number of aryl methyl sites for hydroxylation is 2. The fourth-order valence-corrected chi connectivity index (χ4v) is 4.26. The van der Waals surface area contributed by atoms with Crippen molar-refractivity contribution in [2.24, 2.45) is 7.05 Å². The highest BCUT2D eigenvalue weighted by Crippen LogP contribution is 2.33. The van der Waals surface area contributed by atoms with Gasteiger partial charge in [0.25, 0.3) is 5.56 Å². The normalized spacial score (nSPS) is 15.3. The van der Waals surface area contributed by atoms with Crippen molar-refractivity contribution < 1.29 is 22.8 Å². The Bertz CT molecular complexity index is 1590. The minimum absolute atomic E-state index is 0.0152. The summed E-state index contributed by atoms with van der Waals surface area (Å²) < 4.78 is 44.9. The van der Waals surface area contributed by atoms with Crippen LogP contribution in [-0.2, 0) is 11.9 Å². The maximum atomic E-state index is 15.2. The fraction of sp³-hybridized carbons (Fsp3) is 0.192. The number of anilines is 3. The monoisotopic (exact) mass is 509 g/mol. The average molecular weight is 509 g/mol. The molecule has 1 aliphatic heterocycles. The highest BCUT2D eigenvalue weighted by Gasteiger charge is 2.32. The van der Waals surface area contributed by atoms with E-state index in [9.17, 15) is 18.4 Å². The molecule has 1 saturated heterocycles. The van der Waals surface area contributed by atoms with Crippen molar-refractivity contribution >= 4 is 34.0 Å². The Morgan fingerprint density at radius 2 is 1.89 bits per heavy atom. The van der Waals surface area contributed by atoms with Crippen LogP contribution in [0.15, 0.2) is 59.7 Å². The van der Waals surface area contributed by atoms with Crippen molar-refractivity contribution in [2.45, 2.75) is 19.4 Å². The van der Waals surface area contributed by atoms with Crippen LogP contribution >= 0.6 is 0 Å². The third-order valence-electron chi connectivity index (χ3n) is 6.19. The molecule has 2 heterocycles. The number of urea groups is 1. The van der Waals surface area contributed by atoms with Gasteiger partial charge in [-0.2, -0.15) is 5.06 Å². The van der Waals surface area contributed by atoms with Gasteiger partial charge in [0.1, 0.15) is 17.0 Å². The van der Waals surface area contributed by atoms with Crippen LogP contribution in [0.25, 0.3) is 10.9 Å². The quantitative estimate of drug-likeness (QED) is 0.389. The number of carbonyl (C=O) groups excluding carboxylic acids is 1. The van der Waals surface area contributed by atoms with E-state index in [4.69, 9.17) is 4.84 Å². The summed E-state index contributed by atoms with van der Waals surface area (Å²) in [6.07, 6.45) is 1.74. The lowest BCUT2D eigenvalue weighted by molar-refractivity contribution is -0.0830. The van der Waals surface area contributed by atoms with Gasteiger partial charge in [-0.1, -0.05) is 12.1 Å². The number of fused-ring (bicyclic) bond motifs is 1. The second-order valence-electron chi connectivity index (χ2n) is 8.70. The number of carbonyl (C=O) groups is 1. The van der Waals surface area contributed by atoms with Crippen molar-refractivity contribution in [1.29, 1.82) is 0 Å². The molecule has 2 N–H and O–H groups in total. The zero-order valence-corrected chi connectivity index (χ0v) is 19.9. The summed E-state index contributed by atoms with van der Waals surface area (Å²) >= 11 is 0. The molecule has 11 heteroatoms. The number of hydroxylamine groups is 2. The summed E-state index contributed by atoms with van der Waals surface area (Å²) in [5.41, 5.74) is 0.751. The maximum absolute atomic E-state index is 15.2. The Hall–Kier alpha value is -4.38. The smallest absolute Gasteiger partial charge is 0.346 e. The number of hydrogen-bond donors (Lipinski definition) is 2. The summed E-state index contributed by atoms with van der Waals surface area (Å²) in [5, 5.41) is 6.22. The lowest BCUT2D eigenvalue weighted by atomic mass is 10.0. The SMILES string of the molecule is Cc1cc(F)c(NC(=O)N2OCC[C@@H]2c2cccc(F)c2)cc1Nc1ccc2ncn(C)c(=O)c2c1F. The van der Waals surface area contributed by atoms with E-state index in [1.807, 2.05) is 0 Å². The van der Waals surface area contributed by atoms with E-state index in [0.717, 1.165) is 5.06 Å². The van der Waals surface area contributed by atoms with Crippen LogP contribution in [0.3, 0.4) is 0 Å². The first-order valence-corrected chi connectivity index (χ1v) is 11.4. The van der Waals surface area contributed by atoms with Gasteiger partial charge in [-0.05, 0) is 54.4 Å². The predicted molar refractivity (Wildman–Crippen MR) is 132 cm³/mol. The third kappa shape index (κ3) is 4.60. The van der Waals surface area contributed by atoms with Crippen molar-refractivity contribution in [3.8, 4) is 0 Å². The third-order valence-corrected chi connectivity index (χ3v) is 6.19. The second kappa shape index (κ2) is 9.58. The molecule has 8 nitrogen and oxygen atoms in total. The van der Waals surface area contributed by atoms with Gasteiger partial charge in [0.2, 0.25) is 0 Å². The van der Waals surface area contributed by atoms with Gasteiger partial charge in [-0.3, -0.25) is 9.63 Å². The van der Waals surface area contributed by atoms with Gasteiger partial charge < -0.3 is 15.2 Å². The van der Waals surface area contributed by atoms with Crippen molar-refractivity contribution in [3.63, 3.8) is 0 Å². The van der Waals surface area contributed by atoms with Gasteiger partial charge in [0.05, 0.1) is 35.9 Å². The average Bonchev–Trinajstić information content (AvgIpc) is 3.36. The van der Waals surface area contributed by atoms with E-state index in [0.29, 0.717) is 23.2 Å². The Kier molecular flexibility index (Phi) is 6.30. The number of benzene rings is 3. The van der Waals surface area contributed by atoms with E-state index in [1.54, 1.807) is 13.0 Å². The first-order chi connectivity index (χ1) is 17.7. The lowest BCUT2D eigenvalue weighted by Gasteiger charge is -2.23. The predicted octanol–water partition coefficient (Wildman–Crippen LogP) is 5.31. The molecule has 4 aromatic rings. The molecule has 3 aromatic carbocycles. The van der Waals surface area contributed by atoms with Gasteiger partial charge in [0.15, 0.2) is 5.82 Å². The molecular weight excluding hydrogens is 487 g/mol. The number of rotatable bonds is 4. The summed E-state index contributed by atoms with van der Waals surface area (Å²) in [5.74, 6) is -1.96. The van der Waals surface area contributed by atoms with Gasteiger partial charge in [-0.15, -0.1) is 0 Å². The molecule has 190 valence electrons. The molecule has 1 atom stereocenters. The second-order valence-corrected chi connectivity index (χ2v) is 8.70. The summed E-state index contributed by atoms with van der Waals surface area (Å²) in [4.78, 5) is 34.9. The molecule has 5 rings (SSSR count). The Morgan fingerprint density at radius 3 is 2.68 bits per heavy atom. The first kappa shape index (κ1) is 24.3. The number of amides is 2. The van der Waals surface area contributed by atoms with Crippen LogP contribution in [0.2, 0.25) is 0 Å². The molecule has 1 aromatic heterocycles. The highest BCUT2D eigenvalue weighted by molar-refractivity contribution is 5.90. The molecule has 1 fully saturated rings. The minimum atomic E-state index is -0.802. The molecule has 2 amide bonds. The Labute approximate surface area is 209 Å². The molecule has 0 radical (unpaired) electrons. The van der Waals surface area contributed by atoms with Crippen molar-refractivity contribution in [2.75, 3.05) is 17.2 Å². The zero-order chi connectivity index (χ0) is 26.3. The maximum Gasteiger partial charge on any atom is 0.346 e. The first-order valence-electron chi connectivity index (χ1n) is 11.4. The van der Waals surface area contributed by atoms with Crippen LogP contribution in [0.5, 0.6) is 0 Å². The number of halogens is 3. The standard InChI is InChI=1S/C26H22F3N5O3/c1-14-10-17(28)21(32-26(36)34-22(8-9-37-34)15-4-3-5-16(27)11-15)12-20(14)31-19-7-6-18-23(24(19)29)25(35)33(2)13-30-18/h3-7,10-13,22,31H,8-9H2,1-2H3,(H,32,36)/t22-/m1/s1. The molecule has 0 bridgehead atoms. The minimum Gasteiger partial charge on any atom is -0.353 e. The summed E-state index contributed by atoms with van der Waals surface area (Å²) in [6.45, 7) is 1.84. The number of hydrogen-bond acceptors (Lipinski definition) is 5. The lowest BCUT2D eigenvalue weighted by Crippen LogP contribution is -2.33. The molecule has 0 spiro atoms. The molecule has 0 unspecified atom stereocenters. The number of aromatic nitrogens is 2. The van der Waals surface area contributed by atoms with E-state index >= 15 is 4.39 Å². The topological polar surface area (TPSA) is 88.5 Å². The van der Waals surface area contributed by atoms with Crippen LogP contribution < -0.4 is 16.2 Å². The molecule has 0 saturated carbocycles. The van der Waals surface area contributed by atoms with Gasteiger partial charge in [0, 0.05) is 19.2 Å². The Morgan fingerprint density at radius 1 is 1.08 bits per heavy atom. The summed E-state index contributed by atoms with van der Waals surface area (Å²) in [7, 11) is 1.47. The number of nitrogens with one attached hydrogen (secondary N) is 2. The van der Waals surface area contributed by atoms with Crippen LogP contribution in [0, 0.1) is 24.4 Å². The van der Waals surface area contributed by atoms with Crippen LogP contribution in [0.4, 0.5) is 35.0 Å². The Balaban J connectivity index is 1.42. The fourth-order valence-electron chi connectivity index (χ4n) is 4.26. The highest BCUT2D eigenvalue weighted by atomic mass is 19.1. The summed E-state index contributed by atoms with van der Waals surface area (Å²) in [6, 6.07) is 9.96. The van der Waals surface area contributed by atoms with E-state index in [-0.39, 0.29) is 28.9 Å². The zero-order valence-electron chi connectivity index (χ0n) is 19.9. The molecule has 37 heavy (non-hydrogen) atoms.